The zero-order chi connectivity index (χ0) is 11.3. The van der Waals surface area contributed by atoms with Gasteiger partial charge in [0.05, 0.1) is 5.92 Å². The molecule has 2 N–H and O–H groups in total. The summed E-state index contributed by atoms with van der Waals surface area (Å²) in [5, 5.41) is 1.06. The predicted octanol–water partition coefficient (Wildman–Crippen LogP) is 1.75. The molecule has 0 aromatic heterocycles. The van der Waals surface area contributed by atoms with Crippen molar-refractivity contribution in [2.24, 2.45) is 11.7 Å². The number of nitrogens with two attached hydrogens (primary N) is 1. The number of unbranched alkanes of at least 4 members (excludes halogenated alkanes) is 1. The fourth-order valence-corrected chi connectivity index (χ4v) is 2.53. The molecule has 1 fully saturated rings. The molecule has 0 aliphatic carbocycles. The van der Waals surface area contributed by atoms with Crippen molar-refractivity contribution in [2.75, 3.05) is 18.4 Å². The third-order valence-corrected chi connectivity index (χ3v) is 3.80. The van der Waals surface area contributed by atoms with Crippen molar-refractivity contribution < 1.29 is 4.79 Å². The zero-order valence-corrected chi connectivity index (χ0v) is 11.0. The molecule has 0 aromatic rings. The van der Waals surface area contributed by atoms with E-state index in [9.17, 15) is 4.79 Å². The standard InChI is InChI=1S/C11H21BrN2O/c1-9-4-5-10(11(13)15)8-14(9)7-3-2-6-12/h9-10H,2-8H2,1H3,(H2,13,15). The largest absolute Gasteiger partial charge is 0.369 e. The van der Waals surface area contributed by atoms with Crippen LogP contribution in [0.25, 0.3) is 0 Å². The molecule has 3 nitrogen and oxygen atoms in total. The van der Waals surface area contributed by atoms with Gasteiger partial charge in [-0.25, -0.2) is 0 Å². The predicted molar refractivity (Wildman–Crippen MR) is 66.0 cm³/mol. The third-order valence-electron chi connectivity index (χ3n) is 3.24. The second kappa shape index (κ2) is 6.48. The van der Waals surface area contributed by atoms with Crippen LogP contribution in [0.4, 0.5) is 0 Å². The van der Waals surface area contributed by atoms with Gasteiger partial charge in [-0.3, -0.25) is 9.69 Å². The monoisotopic (exact) mass is 276 g/mol. The molecular formula is C11H21BrN2O. The Bertz CT molecular complexity index is 211. The van der Waals surface area contributed by atoms with E-state index < -0.39 is 0 Å². The van der Waals surface area contributed by atoms with E-state index in [0.29, 0.717) is 6.04 Å². The Morgan fingerprint density at radius 1 is 1.47 bits per heavy atom. The van der Waals surface area contributed by atoms with E-state index >= 15 is 0 Å². The first-order valence-electron chi connectivity index (χ1n) is 5.74. The summed E-state index contributed by atoms with van der Waals surface area (Å²) in [7, 11) is 0. The average Bonchev–Trinajstić information content (AvgIpc) is 2.20. The van der Waals surface area contributed by atoms with Crippen molar-refractivity contribution in [1.82, 2.24) is 4.90 Å². The third kappa shape index (κ3) is 4.11. The van der Waals surface area contributed by atoms with Crippen molar-refractivity contribution >= 4 is 21.8 Å². The van der Waals surface area contributed by atoms with Crippen molar-refractivity contribution in [2.45, 2.75) is 38.6 Å². The number of carbonyl (C=O) groups excluding carboxylic acids is 1. The molecule has 2 unspecified atom stereocenters. The molecule has 1 rings (SSSR count). The summed E-state index contributed by atoms with van der Waals surface area (Å²) in [5.74, 6) is -0.0578. The molecular weight excluding hydrogens is 256 g/mol. The minimum atomic E-state index is -0.132. The van der Waals surface area contributed by atoms with Gasteiger partial charge in [-0.1, -0.05) is 15.9 Å². The number of piperidine rings is 1. The van der Waals surface area contributed by atoms with E-state index in [1.807, 2.05) is 0 Å². The van der Waals surface area contributed by atoms with Gasteiger partial charge in [-0.2, -0.15) is 0 Å². The molecule has 1 saturated heterocycles. The molecule has 0 aromatic carbocycles. The molecule has 88 valence electrons. The Labute approximate surface area is 101 Å². The Morgan fingerprint density at radius 3 is 2.80 bits per heavy atom. The minimum absolute atomic E-state index is 0.0742. The van der Waals surface area contributed by atoms with Gasteiger partial charge in [0, 0.05) is 17.9 Å². The highest BCUT2D eigenvalue weighted by atomic mass is 79.9. The van der Waals surface area contributed by atoms with Gasteiger partial charge in [0.15, 0.2) is 0 Å². The molecule has 0 bridgehead atoms. The normalized spacial score (nSPS) is 27.9. The lowest BCUT2D eigenvalue weighted by Gasteiger charge is -2.36. The van der Waals surface area contributed by atoms with Crippen LogP contribution >= 0.6 is 15.9 Å². The van der Waals surface area contributed by atoms with Crippen LogP contribution in [-0.2, 0) is 4.79 Å². The molecule has 0 saturated carbocycles. The van der Waals surface area contributed by atoms with Gasteiger partial charge in [0.25, 0.3) is 0 Å². The molecule has 0 radical (unpaired) electrons. The van der Waals surface area contributed by atoms with E-state index in [2.05, 4.69) is 27.8 Å². The van der Waals surface area contributed by atoms with Crippen molar-refractivity contribution in [3.63, 3.8) is 0 Å². The summed E-state index contributed by atoms with van der Waals surface area (Å²) in [4.78, 5) is 13.5. The number of carbonyl (C=O) groups is 1. The second-order valence-electron chi connectivity index (χ2n) is 4.42. The summed E-state index contributed by atoms with van der Waals surface area (Å²) < 4.78 is 0. The lowest BCUT2D eigenvalue weighted by molar-refractivity contribution is -0.123. The number of hydrogen-bond donors (Lipinski definition) is 1. The maximum Gasteiger partial charge on any atom is 0.221 e. The van der Waals surface area contributed by atoms with Crippen molar-refractivity contribution in [1.29, 1.82) is 0 Å². The van der Waals surface area contributed by atoms with Crippen LogP contribution in [0, 0.1) is 5.92 Å². The second-order valence-corrected chi connectivity index (χ2v) is 5.21. The number of primary amides is 1. The summed E-state index contributed by atoms with van der Waals surface area (Å²) >= 11 is 3.43. The lowest BCUT2D eigenvalue weighted by Crippen LogP contribution is -2.46. The highest BCUT2D eigenvalue weighted by Crippen LogP contribution is 2.21. The van der Waals surface area contributed by atoms with Crippen LogP contribution in [-0.4, -0.2) is 35.3 Å². The molecule has 1 aliphatic rings. The van der Waals surface area contributed by atoms with Crippen LogP contribution < -0.4 is 5.73 Å². The number of hydrogen-bond acceptors (Lipinski definition) is 2. The average molecular weight is 277 g/mol. The molecule has 0 spiro atoms. The minimum Gasteiger partial charge on any atom is -0.369 e. The molecule has 1 heterocycles. The number of nitrogens with zero attached hydrogens (tertiary/aromatic N) is 1. The van der Waals surface area contributed by atoms with E-state index in [1.54, 1.807) is 0 Å². The summed E-state index contributed by atoms with van der Waals surface area (Å²) in [6.45, 7) is 4.20. The molecule has 1 amide bonds. The van der Waals surface area contributed by atoms with E-state index in [-0.39, 0.29) is 11.8 Å². The van der Waals surface area contributed by atoms with Crippen LogP contribution in [0.3, 0.4) is 0 Å². The Kier molecular flexibility index (Phi) is 5.61. The summed E-state index contributed by atoms with van der Waals surface area (Å²) in [6, 6.07) is 0.607. The van der Waals surface area contributed by atoms with Gasteiger partial charge in [0.2, 0.25) is 5.91 Å². The van der Waals surface area contributed by atoms with Crippen molar-refractivity contribution in [3.05, 3.63) is 0 Å². The first-order chi connectivity index (χ1) is 7.15. The number of rotatable bonds is 5. The molecule has 2 atom stereocenters. The SMILES string of the molecule is CC1CCC(C(N)=O)CN1CCCCBr. The molecule has 4 heteroatoms. The number of amides is 1. The van der Waals surface area contributed by atoms with Gasteiger partial charge in [-0.15, -0.1) is 0 Å². The van der Waals surface area contributed by atoms with Gasteiger partial charge < -0.3 is 5.73 Å². The molecule has 1 aliphatic heterocycles. The highest BCUT2D eigenvalue weighted by molar-refractivity contribution is 9.09. The summed E-state index contributed by atoms with van der Waals surface area (Å²) in [6.07, 6.45) is 4.46. The van der Waals surface area contributed by atoms with Crippen LogP contribution in [0.5, 0.6) is 0 Å². The van der Waals surface area contributed by atoms with E-state index in [0.717, 1.165) is 31.3 Å². The summed E-state index contributed by atoms with van der Waals surface area (Å²) in [5.41, 5.74) is 5.36. The van der Waals surface area contributed by atoms with E-state index in [1.165, 1.54) is 12.8 Å². The van der Waals surface area contributed by atoms with Crippen LogP contribution in [0.1, 0.15) is 32.6 Å². The fraction of sp³-hybridized carbons (Fsp3) is 0.909. The number of alkyl halides is 1. The topological polar surface area (TPSA) is 46.3 Å². The first-order valence-corrected chi connectivity index (χ1v) is 6.86. The zero-order valence-electron chi connectivity index (χ0n) is 9.42. The maximum absolute atomic E-state index is 11.1. The smallest absolute Gasteiger partial charge is 0.221 e. The Morgan fingerprint density at radius 2 is 2.20 bits per heavy atom. The van der Waals surface area contributed by atoms with Crippen LogP contribution in [0.2, 0.25) is 0 Å². The molecule has 15 heavy (non-hydrogen) atoms. The van der Waals surface area contributed by atoms with Gasteiger partial charge in [-0.05, 0) is 39.2 Å². The fourth-order valence-electron chi connectivity index (χ4n) is 2.13. The number of likely N-dealkylation sites (tertiary alicyclic amines) is 1. The Hall–Kier alpha value is -0.0900. The quantitative estimate of drug-likeness (QED) is 0.614. The Balaban J connectivity index is 2.36. The van der Waals surface area contributed by atoms with Gasteiger partial charge >= 0.3 is 0 Å². The maximum atomic E-state index is 11.1. The van der Waals surface area contributed by atoms with Crippen LogP contribution in [0.15, 0.2) is 0 Å². The van der Waals surface area contributed by atoms with E-state index in [4.69, 9.17) is 5.73 Å². The lowest BCUT2D eigenvalue weighted by atomic mass is 9.93. The number of halogens is 1. The highest BCUT2D eigenvalue weighted by Gasteiger charge is 2.27. The first kappa shape index (κ1) is 13.0. The van der Waals surface area contributed by atoms with Gasteiger partial charge in [0.1, 0.15) is 0 Å². The van der Waals surface area contributed by atoms with Crippen molar-refractivity contribution in [3.8, 4) is 0 Å².